The van der Waals surface area contributed by atoms with Crippen LogP contribution in [0.1, 0.15) is 19.3 Å². The molecule has 1 nitrogen and oxygen atoms in total. The highest BCUT2D eigenvalue weighted by atomic mass is 35.5. The molecule has 54 valence electrons. The van der Waals surface area contributed by atoms with E-state index in [0.717, 1.165) is 12.8 Å². The number of rotatable bonds is 1. The van der Waals surface area contributed by atoms with E-state index in [1.165, 1.54) is 0 Å². The lowest BCUT2D eigenvalue weighted by atomic mass is 9.93. The number of allylic oxidation sites excluding steroid dienone is 2. The van der Waals surface area contributed by atoms with Gasteiger partial charge in [0.1, 0.15) is 0 Å². The van der Waals surface area contributed by atoms with Crippen LogP contribution in [0.2, 0.25) is 0 Å². The highest BCUT2D eigenvalue weighted by Gasteiger charge is 2.12. The van der Waals surface area contributed by atoms with Crippen LogP contribution in [0.4, 0.5) is 0 Å². The molecule has 1 aliphatic rings. The Kier molecular flexibility index (Phi) is 2.77. The van der Waals surface area contributed by atoms with E-state index in [1.54, 1.807) is 0 Å². The molecule has 0 aromatic rings. The summed E-state index contributed by atoms with van der Waals surface area (Å²) in [4.78, 5) is 0. The van der Waals surface area contributed by atoms with Crippen LogP contribution in [0, 0.1) is 17.2 Å². The van der Waals surface area contributed by atoms with Crippen molar-refractivity contribution in [1.82, 2.24) is 0 Å². The first kappa shape index (κ1) is 7.63. The van der Waals surface area contributed by atoms with E-state index in [-0.39, 0.29) is 5.38 Å². The Morgan fingerprint density at radius 1 is 1.50 bits per heavy atom. The monoisotopic (exact) mass is 155 g/mol. The minimum Gasteiger partial charge on any atom is -0.198 e. The molecule has 0 spiro atoms. The predicted molar refractivity (Wildman–Crippen MR) is 41.7 cm³/mol. The van der Waals surface area contributed by atoms with Gasteiger partial charge in [0.2, 0.25) is 0 Å². The highest BCUT2D eigenvalue weighted by Crippen LogP contribution is 2.22. The quantitative estimate of drug-likeness (QED) is 0.422. The van der Waals surface area contributed by atoms with Gasteiger partial charge in [-0.25, -0.2) is 0 Å². The van der Waals surface area contributed by atoms with Crippen LogP contribution in [0.25, 0.3) is 0 Å². The van der Waals surface area contributed by atoms with Gasteiger partial charge in [-0.15, -0.1) is 11.6 Å². The molecule has 2 atom stereocenters. The summed E-state index contributed by atoms with van der Waals surface area (Å²) in [7, 11) is 0. The molecule has 1 aliphatic carbocycles. The normalized spacial score (nSPS) is 31.6. The van der Waals surface area contributed by atoms with Crippen molar-refractivity contribution in [2.45, 2.75) is 24.6 Å². The topological polar surface area (TPSA) is 23.8 Å². The van der Waals surface area contributed by atoms with Crippen LogP contribution in [0.5, 0.6) is 0 Å². The molecule has 0 heterocycles. The summed E-state index contributed by atoms with van der Waals surface area (Å²) < 4.78 is 0. The molecule has 0 bridgehead atoms. The third-order valence-electron chi connectivity index (χ3n) is 1.76. The second-order valence-electron chi connectivity index (χ2n) is 2.60. The fourth-order valence-electron chi connectivity index (χ4n) is 1.13. The third-order valence-corrected chi connectivity index (χ3v) is 2.12. The minimum absolute atomic E-state index is 0.204. The lowest BCUT2D eigenvalue weighted by Gasteiger charge is -2.15. The van der Waals surface area contributed by atoms with E-state index >= 15 is 0 Å². The molecule has 0 saturated heterocycles. The van der Waals surface area contributed by atoms with Gasteiger partial charge >= 0.3 is 0 Å². The zero-order valence-corrected chi connectivity index (χ0v) is 6.51. The number of nitrogens with zero attached hydrogens (tertiary/aromatic N) is 1. The summed E-state index contributed by atoms with van der Waals surface area (Å²) in [5, 5.41) is 8.57. The van der Waals surface area contributed by atoms with E-state index in [9.17, 15) is 0 Å². The van der Waals surface area contributed by atoms with Crippen LogP contribution < -0.4 is 0 Å². The Morgan fingerprint density at radius 2 is 2.30 bits per heavy atom. The second-order valence-corrected chi connectivity index (χ2v) is 3.16. The summed E-state index contributed by atoms with van der Waals surface area (Å²) in [5.41, 5.74) is 0. The van der Waals surface area contributed by atoms with Crippen molar-refractivity contribution in [2.24, 2.45) is 5.92 Å². The molecule has 2 heteroatoms. The van der Waals surface area contributed by atoms with Crippen molar-refractivity contribution in [2.75, 3.05) is 0 Å². The zero-order chi connectivity index (χ0) is 7.40. The van der Waals surface area contributed by atoms with Crippen LogP contribution in [0.3, 0.4) is 0 Å². The number of hydrogen-bond donors (Lipinski definition) is 0. The summed E-state index contributed by atoms with van der Waals surface area (Å²) in [6.07, 6.45) is 6.78. The molecule has 0 aromatic heterocycles. The Morgan fingerprint density at radius 3 is 2.80 bits per heavy atom. The number of alkyl halides is 1. The first-order chi connectivity index (χ1) is 4.83. The van der Waals surface area contributed by atoms with Gasteiger partial charge in [-0.2, -0.15) is 5.26 Å². The Bertz CT molecular complexity index is 169. The molecule has 0 amide bonds. The number of halogens is 1. The SMILES string of the molecule is N#CCC1C=CC(Cl)CC1. The first-order valence-corrected chi connectivity index (χ1v) is 3.96. The van der Waals surface area contributed by atoms with Crippen LogP contribution in [0.15, 0.2) is 12.2 Å². The van der Waals surface area contributed by atoms with Crippen molar-refractivity contribution in [3.63, 3.8) is 0 Å². The van der Waals surface area contributed by atoms with Gasteiger partial charge in [-0.1, -0.05) is 12.2 Å². The third kappa shape index (κ3) is 2.04. The zero-order valence-electron chi connectivity index (χ0n) is 5.76. The molecular formula is C8H10ClN. The van der Waals surface area contributed by atoms with Gasteiger partial charge in [0.05, 0.1) is 11.4 Å². The van der Waals surface area contributed by atoms with Crippen molar-refractivity contribution in [3.05, 3.63) is 12.2 Å². The highest BCUT2D eigenvalue weighted by molar-refractivity contribution is 6.21. The van der Waals surface area contributed by atoms with Gasteiger partial charge in [0, 0.05) is 6.42 Å². The first-order valence-electron chi connectivity index (χ1n) is 3.52. The van der Waals surface area contributed by atoms with Gasteiger partial charge in [0.15, 0.2) is 0 Å². The van der Waals surface area contributed by atoms with E-state index in [2.05, 4.69) is 12.1 Å². The van der Waals surface area contributed by atoms with Crippen molar-refractivity contribution in [1.29, 1.82) is 5.26 Å². The van der Waals surface area contributed by atoms with E-state index in [0.29, 0.717) is 12.3 Å². The van der Waals surface area contributed by atoms with Gasteiger partial charge in [-0.3, -0.25) is 0 Å². The lowest BCUT2D eigenvalue weighted by Crippen LogP contribution is -2.07. The number of nitriles is 1. The summed E-state index contributed by atoms with van der Waals surface area (Å²) in [5.74, 6) is 0.458. The molecule has 1 rings (SSSR count). The Labute approximate surface area is 66.3 Å². The van der Waals surface area contributed by atoms with Crippen molar-refractivity contribution < 1.29 is 0 Å². The average molecular weight is 156 g/mol. The molecule has 0 radical (unpaired) electrons. The van der Waals surface area contributed by atoms with Gasteiger partial charge in [-0.05, 0) is 18.8 Å². The number of hydrogen-bond acceptors (Lipinski definition) is 1. The average Bonchev–Trinajstić information content (AvgIpc) is 1.95. The molecule has 2 unspecified atom stereocenters. The van der Waals surface area contributed by atoms with Crippen LogP contribution in [-0.2, 0) is 0 Å². The maximum Gasteiger partial charge on any atom is 0.0627 e. The molecular weight excluding hydrogens is 146 g/mol. The lowest BCUT2D eigenvalue weighted by molar-refractivity contribution is 0.554. The van der Waals surface area contributed by atoms with E-state index < -0.39 is 0 Å². The van der Waals surface area contributed by atoms with Crippen LogP contribution >= 0.6 is 11.6 Å². The molecule has 0 aliphatic heterocycles. The minimum atomic E-state index is 0.204. The van der Waals surface area contributed by atoms with Crippen molar-refractivity contribution >= 4 is 11.6 Å². The fraction of sp³-hybridized carbons (Fsp3) is 0.625. The molecule has 0 aromatic carbocycles. The van der Waals surface area contributed by atoms with Gasteiger partial charge in [0.25, 0.3) is 0 Å². The van der Waals surface area contributed by atoms with Crippen LogP contribution in [-0.4, -0.2) is 5.38 Å². The van der Waals surface area contributed by atoms with E-state index in [4.69, 9.17) is 16.9 Å². The fourth-order valence-corrected chi connectivity index (χ4v) is 1.34. The molecule has 0 saturated carbocycles. The molecule has 0 fully saturated rings. The smallest absolute Gasteiger partial charge is 0.0627 e. The standard InChI is InChI=1S/C8H10ClN/c9-8-3-1-7(2-4-8)5-6-10/h1,3,7-8H,2,4-5H2. The second kappa shape index (κ2) is 3.63. The van der Waals surface area contributed by atoms with Gasteiger partial charge < -0.3 is 0 Å². The Hall–Kier alpha value is -0.480. The summed E-state index contributed by atoms with van der Waals surface area (Å²) in [6.45, 7) is 0. The summed E-state index contributed by atoms with van der Waals surface area (Å²) in [6, 6.07) is 2.16. The van der Waals surface area contributed by atoms with Crippen molar-refractivity contribution in [3.8, 4) is 6.07 Å². The largest absolute Gasteiger partial charge is 0.198 e. The molecule has 10 heavy (non-hydrogen) atoms. The molecule has 0 N–H and O–H groups in total. The summed E-state index contributed by atoms with van der Waals surface area (Å²) >= 11 is 5.81. The predicted octanol–water partition coefficient (Wildman–Crippen LogP) is 2.47. The maximum absolute atomic E-state index is 8.37. The maximum atomic E-state index is 8.37. The van der Waals surface area contributed by atoms with E-state index in [1.807, 2.05) is 6.08 Å². The Balaban J connectivity index is 2.39.